The number of carbonyl (C=O) groups excluding carboxylic acids is 1. The molecule has 0 unspecified atom stereocenters. The topological polar surface area (TPSA) is 118 Å². The van der Waals surface area contributed by atoms with Crippen LogP contribution in [0.2, 0.25) is 5.02 Å². The molecule has 11 heteroatoms. The Bertz CT molecular complexity index is 1830. The van der Waals surface area contributed by atoms with E-state index in [0.717, 1.165) is 31.4 Å². The summed E-state index contributed by atoms with van der Waals surface area (Å²) in [6, 6.07) is 16.6. The summed E-state index contributed by atoms with van der Waals surface area (Å²) >= 11 is 6.43. The van der Waals surface area contributed by atoms with Crippen LogP contribution in [0.4, 0.5) is 5.69 Å². The van der Waals surface area contributed by atoms with Crippen molar-refractivity contribution >= 4 is 33.2 Å². The zero-order valence-electron chi connectivity index (χ0n) is 28.6. The molecule has 6 atom stereocenters. The van der Waals surface area contributed by atoms with Gasteiger partial charge in [0.05, 0.1) is 30.3 Å². The molecule has 1 aromatic heterocycles. The first-order valence-electron chi connectivity index (χ1n) is 17.2. The van der Waals surface area contributed by atoms with Crippen molar-refractivity contribution < 1.29 is 27.8 Å². The molecule has 3 aromatic rings. The number of fused-ring (bicyclic) bond motifs is 2. The molecule has 1 amide bonds. The Morgan fingerprint density at radius 1 is 1.12 bits per heavy atom. The van der Waals surface area contributed by atoms with Gasteiger partial charge in [0.15, 0.2) is 0 Å². The van der Waals surface area contributed by atoms with Gasteiger partial charge < -0.3 is 19.5 Å². The molecule has 0 radical (unpaired) electrons. The summed E-state index contributed by atoms with van der Waals surface area (Å²) in [5.41, 5.74) is 2.38. The van der Waals surface area contributed by atoms with Crippen molar-refractivity contribution in [3.8, 4) is 11.6 Å². The number of hydrogen-bond donors (Lipinski definition) is 2. The number of sulfonamides is 1. The lowest BCUT2D eigenvalue weighted by Gasteiger charge is -2.48. The van der Waals surface area contributed by atoms with E-state index >= 15 is 0 Å². The minimum absolute atomic E-state index is 0.00541. The highest BCUT2D eigenvalue weighted by Crippen LogP contribution is 2.49. The van der Waals surface area contributed by atoms with Gasteiger partial charge >= 0.3 is 0 Å². The number of allylic oxidation sites excluding steroid dienone is 1. The standard InChI is InChI=1S/C38H46ClN3O6S/c1-5-8-26-19-30(39)14-15-31(26)29-22-42-21-28-12-16-32(28)38(44,35-10-6-11-36(40-35)47-4)18-7-9-24(2)25(3)49(45,46)41-37(43)27-13-17-34(48-23-29)33(42)20-27/h6-7,10-11,13-15,17-20,24-25,28-29,32,44H,5,8-9,12,16,21-23H2,1-4H3,(H,41,43)/b18-7+/t24-,25+,28-,29-,32+,38+/m0/s1. The molecular formula is C38H46ClN3O6S. The minimum Gasteiger partial charge on any atom is -0.491 e. The number of aryl methyl sites for hydroxylation is 1. The number of rotatable bonds is 5. The molecule has 0 spiro atoms. The highest BCUT2D eigenvalue weighted by atomic mass is 35.5. The van der Waals surface area contributed by atoms with E-state index in [1.807, 2.05) is 37.3 Å². The van der Waals surface area contributed by atoms with E-state index in [9.17, 15) is 18.3 Å². The summed E-state index contributed by atoms with van der Waals surface area (Å²) in [5.74, 6) is -0.0783. The fraction of sp³-hybridized carbons (Fsp3) is 0.474. The van der Waals surface area contributed by atoms with E-state index in [2.05, 4.69) is 27.6 Å². The molecule has 262 valence electrons. The van der Waals surface area contributed by atoms with Crippen molar-refractivity contribution in [1.82, 2.24) is 9.71 Å². The Morgan fingerprint density at radius 3 is 2.67 bits per heavy atom. The van der Waals surface area contributed by atoms with Crippen LogP contribution in [0.15, 0.2) is 66.7 Å². The van der Waals surface area contributed by atoms with E-state index in [0.29, 0.717) is 48.5 Å². The van der Waals surface area contributed by atoms with Gasteiger partial charge in [-0.1, -0.05) is 56.2 Å². The van der Waals surface area contributed by atoms with Gasteiger partial charge in [-0.05, 0) is 92.0 Å². The van der Waals surface area contributed by atoms with Gasteiger partial charge in [-0.25, -0.2) is 18.1 Å². The van der Waals surface area contributed by atoms with Crippen molar-refractivity contribution in [3.05, 3.63) is 94.2 Å². The van der Waals surface area contributed by atoms with Crippen molar-refractivity contribution in [1.29, 1.82) is 0 Å². The van der Waals surface area contributed by atoms with Crippen LogP contribution in [-0.4, -0.2) is 56.5 Å². The third-order valence-electron chi connectivity index (χ3n) is 10.7. The number of amides is 1. The zero-order chi connectivity index (χ0) is 34.9. The SMILES string of the molecule is CCCc1cc(Cl)ccc1[C@@H]1COc2ccc3cc2N(C1)C[C@@H]1CC[C@H]1[C@@](O)(c1cccc(OC)n1)/C=C/C[C@H](C)[C@@H](C)S(=O)(=O)NC3=O. The maximum Gasteiger partial charge on any atom is 0.264 e. The number of anilines is 1. The predicted molar refractivity (Wildman–Crippen MR) is 192 cm³/mol. The lowest BCUT2D eigenvalue weighted by Crippen LogP contribution is -2.49. The lowest BCUT2D eigenvalue weighted by molar-refractivity contribution is -0.0530. The second-order valence-electron chi connectivity index (χ2n) is 13.8. The van der Waals surface area contributed by atoms with Crippen LogP contribution < -0.4 is 19.1 Å². The Balaban J connectivity index is 1.46. The number of nitrogens with one attached hydrogen (secondary N) is 1. The monoisotopic (exact) mass is 707 g/mol. The van der Waals surface area contributed by atoms with Crippen LogP contribution in [0.3, 0.4) is 0 Å². The number of aromatic nitrogens is 1. The van der Waals surface area contributed by atoms with Gasteiger partial charge in [0.25, 0.3) is 5.91 Å². The Labute approximate surface area is 294 Å². The summed E-state index contributed by atoms with van der Waals surface area (Å²) < 4.78 is 41.1. The van der Waals surface area contributed by atoms with Crippen LogP contribution in [0.1, 0.15) is 79.6 Å². The molecule has 2 aromatic carbocycles. The number of ether oxygens (including phenoxy) is 2. The molecule has 2 aliphatic heterocycles. The van der Waals surface area contributed by atoms with Gasteiger partial charge in [-0.2, -0.15) is 0 Å². The van der Waals surface area contributed by atoms with Crippen LogP contribution in [-0.2, 0) is 22.0 Å². The number of aliphatic hydroxyl groups is 1. The van der Waals surface area contributed by atoms with E-state index in [1.165, 1.54) is 11.1 Å². The number of nitrogens with zero attached hydrogens (tertiary/aromatic N) is 2. The second-order valence-corrected chi connectivity index (χ2v) is 16.3. The molecule has 1 aliphatic carbocycles. The fourth-order valence-corrected chi connectivity index (χ4v) is 8.98. The number of halogens is 1. The average Bonchev–Trinajstić information content (AvgIpc) is 3.25. The van der Waals surface area contributed by atoms with E-state index in [1.54, 1.807) is 44.4 Å². The predicted octanol–water partition coefficient (Wildman–Crippen LogP) is 6.64. The molecule has 2 bridgehead atoms. The highest BCUT2D eigenvalue weighted by molar-refractivity contribution is 7.90. The molecule has 9 nitrogen and oxygen atoms in total. The third-order valence-corrected chi connectivity index (χ3v) is 12.8. The van der Waals surface area contributed by atoms with Crippen LogP contribution in [0.5, 0.6) is 11.6 Å². The van der Waals surface area contributed by atoms with E-state index in [4.69, 9.17) is 21.1 Å². The van der Waals surface area contributed by atoms with E-state index < -0.39 is 26.8 Å². The fourth-order valence-electron chi connectivity index (χ4n) is 7.50. The smallest absolute Gasteiger partial charge is 0.264 e. The van der Waals surface area contributed by atoms with Gasteiger partial charge in [0, 0.05) is 41.6 Å². The van der Waals surface area contributed by atoms with Gasteiger partial charge in [0.2, 0.25) is 15.9 Å². The summed E-state index contributed by atoms with van der Waals surface area (Å²) in [5, 5.41) is 12.4. The summed E-state index contributed by atoms with van der Waals surface area (Å²) in [6.07, 6.45) is 7.56. The maximum absolute atomic E-state index is 13.5. The second kappa shape index (κ2) is 14.3. The van der Waals surface area contributed by atoms with Crippen molar-refractivity contribution in [2.24, 2.45) is 17.8 Å². The Morgan fingerprint density at radius 2 is 1.94 bits per heavy atom. The third kappa shape index (κ3) is 7.19. The number of carbonyl (C=O) groups is 1. The van der Waals surface area contributed by atoms with Gasteiger partial charge in [-0.15, -0.1) is 0 Å². The van der Waals surface area contributed by atoms with Crippen LogP contribution >= 0.6 is 11.6 Å². The molecule has 2 N–H and O–H groups in total. The number of hydrogen-bond acceptors (Lipinski definition) is 8. The van der Waals surface area contributed by atoms with Gasteiger partial charge in [-0.3, -0.25) is 4.79 Å². The largest absolute Gasteiger partial charge is 0.491 e. The van der Waals surface area contributed by atoms with Crippen LogP contribution in [0, 0.1) is 17.8 Å². The molecule has 1 fully saturated rings. The molecule has 6 rings (SSSR count). The first-order chi connectivity index (χ1) is 23.4. The van der Waals surface area contributed by atoms with Gasteiger partial charge in [0.1, 0.15) is 11.4 Å². The van der Waals surface area contributed by atoms with Crippen molar-refractivity contribution in [3.63, 3.8) is 0 Å². The Kier molecular flexibility index (Phi) is 10.3. The summed E-state index contributed by atoms with van der Waals surface area (Å²) in [6.45, 7) is 7.19. The van der Waals surface area contributed by atoms with Crippen molar-refractivity contribution in [2.75, 3.05) is 31.7 Å². The van der Waals surface area contributed by atoms with Crippen LogP contribution in [0.25, 0.3) is 0 Å². The lowest BCUT2D eigenvalue weighted by atomic mass is 9.63. The summed E-state index contributed by atoms with van der Waals surface area (Å²) in [4.78, 5) is 20.4. The first-order valence-corrected chi connectivity index (χ1v) is 19.1. The Hall–Kier alpha value is -3.60. The average molecular weight is 708 g/mol. The molecular weight excluding hydrogens is 662 g/mol. The van der Waals surface area contributed by atoms with Crippen molar-refractivity contribution in [2.45, 2.75) is 69.6 Å². The highest BCUT2D eigenvalue weighted by Gasteiger charge is 2.48. The maximum atomic E-state index is 13.5. The quantitative estimate of drug-likeness (QED) is 0.284. The number of methoxy groups -OCH3 is 1. The van der Waals surface area contributed by atoms with E-state index in [-0.39, 0.29) is 29.2 Å². The zero-order valence-corrected chi connectivity index (χ0v) is 30.1. The number of benzene rings is 2. The first kappa shape index (κ1) is 35.2. The number of pyridine rings is 1. The molecule has 3 heterocycles. The minimum atomic E-state index is -4.01. The molecule has 49 heavy (non-hydrogen) atoms. The molecule has 3 aliphatic rings. The molecule has 1 saturated carbocycles. The summed E-state index contributed by atoms with van der Waals surface area (Å²) in [7, 11) is -2.46. The normalized spacial score (nSPS) is 29.0. The molecule has 0 saturated heterocycles.